The highest BCUT2D eigenvalue weighted by atomic mass is 32.2. The van der Waals surface area contributed by atoms with Crippen molar-refractivity contribution < 1.29 is 14.3 Å². The van der Waals surface area contributed by atoms with Crippen LogP contribution in [0.1, 0.15) is 0 Å². The lowest BCUT2D eigenvalue weighted by atomic mass is 10.9. The van der Waals surface area contributed by atoms with E-state index in [2.05, 4.69) is 4.89 Å². The second-order valence-corrected chi connectivity index (χ2v) is 1.76. The van der Waals surface area contributed by atoms with Gasteiger partial charge < -0.3 is 5.26 Å². The molecule has 0 aliphatic carbocycles. The summed E-state index contributed by atoms with van der Waals surface area (Å²) in [5.41, 5.74) is 0. The van der Waals surface area contributed by atoms with Gasteiger partial charge in [0.2, 0.25) is 12.0 Å². The van der Waals surface area contributed by atoms with Gasteiger partial charge in [0.15, 0.2) is 0 Å². The zero-order valence-electron chi connectivity index (χ0n) is 3.05. The SMILES string of the molecule is [O-][O+]1OCCS1. The molecule has 0 spiro atoms. The smallest absolute Gasteiger partial charge is 0.241 e. The second kappa shape index (κ2) is 1.79. The molecule has 4 heteroatoms. The van der Waals surface area contributed by atoms with Gasteiger partial charge >= 0.3 is 0 Å². The number of hydrogen-bond donors (Lipinski definition) is 0. The molecule has 0 saturated carbocycles. The first-order chi connectivity index (χ1) is 2.89. The van der Waals surface area contributed by atoms with Crippen LogP contribution in [0.15, 0.2) is 0 Å². The largest absolute Gasteiger partial charge is 0.469 e. The van der Waals surface area contributed by atoms with E-state index in [1.54, 1.807) is 0 Å². The summed E-state index contributed by atoms with van der Waals surface area (Å²) in [6.45, 7) is 0.527. The fourth-order valence-electron chi connectivity index (χ4n) is 0.238. The third-order valence-corrected chi connectivity index (χ3v) is 1.06. The molecule has 0 unspecified atom stereocenters. The standard InChI is InChI=1S/C2H4O3S/c3-5-4-1-2-6-5/h1-2H2. The van der Waals surface area contributed by atoms with Crippen molar-refractivity contribution in [2.24, 2.45) is 0 Å². The van der Waals surface area contributed by atoms with Gasteiger partial charge in [-0.25, -0.2) is 0 Å². The summed E-state index contributed by atoms with van der Waals surface area (Å²) in [4.78, 5) is 4.31. The molecule has 0 aromatic carbocycles. The normalized spacial score (nSPS) is 25.5. The minimum absolute atomic E-state index is 0.527. The molecule has 36 valence electrons. The number of hydrogen-bond acceptors (Lipinski definition) is 3. The van der Waals surface area contributed by atoms with Crippen molar-refractivity contribution >= 4 is 12.0 Å². The Balaban J connectivity index is 2.18. The van der Waals surface area contributed by atoms with Crippen molar-refractivity contribution in [1.29, 1.82) is 0 Å². The number of rotatable bonds is 0. The van der Waals surface area contributed by atoms with E-state index in [0.717, 1.165) is 17.8 Å². The predicted octanol–water partition coefficient (Wildman–Crippen LogP) is -0.593. The summed E-state index contributed by atoms with van der Waals surface area (Å²) in [6.07, 6.45) is 0. The van der Waals surface area contributed by atoms with E-state index < -0.39 is 0 Å². The Morgan fingerprint density at radius 3 is 2.83 bits per heavy atom. The van der Waals surface area contributed by atoms with Crippen molar-refractivity contribution in [3.8, 4) is 0 Å². The molecule has 1 heterocycles. The summed E-state index contributed by atoms with van der Waals surface area (Å²) in [6, 6.07) is 0. The lowest BCUT2D eigenvalue weighted by Gasteiger charge is -1.99. The topological polar surface area (TPSA) is 35.0 Å². The Bertz CT molecular complexity index is 42.1. The van der Waals surface area contributed by atoms with Crippen LogP contribution in [0.4, 0.5) is 0 Å². The molecule has 0 aromatic heterocycles. The first kappa shape index (κ1) is 4.39. The van der Waals surface area contributed by atoms with Gasteiger partial charge in [0.1, 0.15) is 12.4 Å². The van der Waals surface area contributed by atoms with Crippen molar-refractivity contribution in [1.82, 2.24) is 0 Å². The van der Waals surface area contributed by atoms with Crippen LogP contribution < -0.4 is 5.26 Å². The zero-order valence-corrected chi connectivity index (χ0v) is 3.86. The molecule has 3 nitrogen and oxygen atoms in total. The van der Waals surface area contributed by atoms with E-state index in [4.69, 9.17) is 0 Å². The van der Waals surface area contributed by atoms with Crippen molar-refractivity contribution in [3.05, 3.63) is 0 Å². The minimum atomic E-state index is 0.527. The average Bonchev–Trinajstić information content (AvgIpc) is 1.86. The van der Waals surface area contributed by atoms with Gasteiger partial charge in [-0.05, 0) is 0 Å². The fraction of sp³-hybridized carbons (Fsp3) is 1.00. The van der Waals surface area contributed by atoms with E-state index >= 15 is 0 Å². The lowest BCUT2D eigenvalue weighted by Crippen LogP contribution is -2.13. The Hall–Kier alpha value is 0.230. The first-order valence-corrected chi connectivity index (χ1v) is 2.49. The van der Waals surface area contributed by atoms with E-state index in [-0.39, 0.29) is 0 Å². The molecule has 0 atom stereocenters. The molecule has 0 bridgehead atoms. The van der Waals surface area contributed by atoms with Gasteiger partial charge in [0.25, 0.3) is 0 Å². The first-order valence-electron chi connectivity index (χ1n) is 1.58. The van der Waals surface area contributed by atoms with Crippen LogP contribution in [-0.4, -0.2) is 12.4 Å². The quantitative estimate of drug-likeness (QED) is 0.236. The van der Waals surface area contributed by atoms with Gasteiger partial charge in [-0.2, -0.15) is 4.11 Å². The summed E-state index contributed by atoms with van der Waals surface area (Å²) in [7, 11) is 0. The van der Waals surface area contributed by atoms with E-state index in [1.165, 1.54) is 4.11 Å². The molecule has 1 aliphatic rings. The Kier molecular flexibility index (Phi) is 1.31. The van der Waals surface area contributed by atoms with Crippen LogP contribution >= 0.6 is 12.0 Å². The molecule has 1 fully saturated rings. The summed E-state index contributed by atoms with van der Waals surface area (Å²) in [5.74, 6) is 0.758. The van der Waals surface area contributed by atoms with Gasteiger partial charge in [-0.3, -0.25) is 0 Å². The molecule has 1 rings (SSSR count). The summed E-state index contributed by atoms with van der Waals surface area (Å²) >= 11 is 1.07. The highest BCUT2D eigenvalue weighted by Crippen LogP contribution is 2.15. The van der Waals surface area contributed by atoms with Gasteiger partial charge in [0.05, 0.1) is 0 Å². The maximum Gasteiger partial charge on any atom is 0.241 e. The van der Waals surface area contributed by atoms with Crippen molar-refractivity contribution in [3.63, 3.8) is 0 Å². The van der Waals surface area contributed by atoms with E-state index in [9.17, 15) is 5.26 Å². The molecule has 0 radical (unpaired) electrons. The molecular formula is C2H4O3S. The Morgan fingerprint density at radius 1 is 1.83 bits per heavy atom. The Morgan fingerprint density at radius 2 is 2.67 bits per heavy atom. The fourth-order valence-corrected chi connectivity index (χ4v) is 0.646. The van der Waals surface area contributed by atoms with Crippen LogP contribution in [-0.2, 0) is 9.00 Å². The maximum absolute atomic E-state index is 9.82. The molecule has 1 saturated heterocycles. The highest BCUT2D eigenvalue weighted by molar-refractivity contribution is 7.95. The molecule has 0 amide bonds. The zero-order chi connectivity index (χ0) is 4.41. The molecule has 6 heavy (non-hydrogen) atoms. The van der Waals surface area contributed by atoms with Crippen LogP contribution in [0.3, 0.4) is 0 Å². The third kappa shape index (κ3) is 0.844. The van der Waals surface area contributed by atoms with Crippen molar-refractivity contribution in [2.75, 3.05) is 12.4 Å². The van der Waals surface area contributed by atoms with Gasteiger partial charge in [-0.1, -0.05) is 4.89 Å². The monoisotopic (exact) mass is 108 g/mol. The van der Waals surface area contributed by atoms with Gasteiger partial charge in [-0.15, -0.1) is 0 Å². The highest BCUT2D eigenvalue weighted by Gasteiger charge is 2.13. The van der Waals surface area contributed by atoms with Crippen LogP contribution in [0.2, 0.25) is 0 Å². The summed E-state index contributed by atoms with van der Waals surface area (Å²) in [5, 5.41) is 9.82. The third-order valence-electron chi connectivity index (χ3n) is 0.442. The molecule has 1 aliphatic heterocycles. The van der Waals surface area contributed by atoms with Crippen LogP contribution in [0.25, 0.3) is 0 Å². The lowest BCUT2D eigenvalue weighted by molar-refractivity contribution is -0.837. The molecular weight excluding hydrogens is 104 g/mol. The molecule has 0 aromatic rings. The minimum Gasteiger partial charge on any atom is -0.469 e. The van der Waals surface area contributed by atoms with Crippen LogP contribution in [0.5, 0.6) is 0 Å². The summed E-state index contributed by atoms with van der Waals surface area (Å²) < 4.78 is 1.19. The van der Waals surface area contributed by atoms with Crippen molar-refractivity contribution in [2.45, 2.75) is 0 Å². The molecule has 0 N–H and O–H groups in total. The van der Waals surface area contributed by atoms with Crippen LogP contribution in [0, 0.1) is 0 Å². The average molecular weight is 108 g/mol. The maximum atomic E-state index is 9.82. The van der Waals surface area contributed by atoms with E-state index in [1.807, 2.05) is 0 Å². The van der Waals surface area contributed by atoms with E-state index in [0.29, 0.717) is 6.61 Å². The van der Waals surface area contributed by atoms with Gasteiger partial charge in [0, 0.05) is 0 Å². The second-order valence-electron chi connectivity index (χ2n) is 0.848. The predicted molar refractivity (Wildman–Crippen MR) is 19.5 cm³/mol. The Labute approximate surface area is 39.6 Å².